The zero-order valence-electron chi connectivity index (χ0n) is 9.66. The molecule has 18 heavy (non-hydrogen) atoms. The molecule has 2 rings (SSSR count). The molecule has 1 heterocycles. The predicted molar refractivity (Wildman–Crippen MR) is 66.5 cm³/mol. The van der Waals surface area contributed by atoms with Crippen LogP contribution in [0.5, 0.6) is 0 Å². The number of aliphatic hydroxyl groups is 1. The summed E-state index contributed by atoms with van der Waals surface area (Å²) in [4.78, 5) is 0. The molecule has 0 aliphatic carbocycles. The van der Waals surface area contributed by atoms with Gasteiger partial charge in [0.2, 0.25) is 0 Å². The number of rotatable bonds is 4. The van der Waals surface area contributed by atoms with Crippen molar-refractivity contribution in [3.05, 3.63) is 42.1 Å². The first-order valence-corrected chi connectivity index (χ1v) is 6.78. The number of aromatic nitrogens is 2. The van der Waals surface area contributed by atoms with Crippen LogP contribution >= 0.6 is 0 Å². The van der Waals surface area contributed by atoms with Crippen LogP contribution in [-0.4, -0.2) is 23.7 Å². The third-order valence-corrected chi connectivity index (χ3v) is 3.71. The fourth-order valence-electron chi connectivity index (χ4n) is 1.55. The highest BCUT2D eigenvalue weighted by Gasteiger charge is 2.18. The van der Waals surface area contributed by atoms with E-state index >= 15 is 0 Å². The molecule has 2 aromatic rings. The third kappa shape index (κ3) is 2.52. The predicted octanol–water partition coefficient (Wildman–Crippen LogP) is 1.26. The summed E-state index contributed by atoms with van der Waals surface area (Å²) < 4.78 is 26.4. The minimum Gasteiger partial charge on any atom is -0.389 e. The Morgan fingerprint density at radius 1 is 1.33 bits per heavy atom. The summed E-state index contributed by atoms with van der Waals surface area (Å²) in [5, 5.41) is 15.5. The zero-order valence-corrected chi connectivity index (χ0v) is 10.5. The maximum atomic E-state index is 12.0. The highest BCUT2D eigenvalue weighted by atomic mass is 32.2. The van der Waals surface area contributed by atoms with Crippen molar-refractivity contribution < 1.29 is 13.5 Å². The Morgan fingerprint density at radius 3 is 2.67 bits per heavy atom. The van der Waals surface area contributed by atoms with Crippen LogP contribution in [0.2, 0.25) is 0 Å². The second-order valence-corrected chi connectivity index (χ2v) is 5.44. The Balaban J connectivity index is 2.36. The van der Waals surface area contributed by atoms with Gasteiger partial charge in [0.1, 0.15) is 0 Å². The lowest BCUT2D eigenvalue weighted by atomic mass is 10.1. The maximum absolute atomic E-state index is 12.0. The molecule has 1 unspecified atom stereocenters. The molecule has 96 valence electrons. The van der Waals surface area contributed by atoms with Gasteiger partial charge in [0.15, 0.2) is 5.03 Å². The van der Waals surface area contributed by atoms with E-state index < -0.39 is 16.1 Å². The molecule has 0 bridgehead atoms. The molecule has 0 aliphatic rings. The van der Waals surface area contributed by atoms with Crippen molar-refractivity contribution in [2.24, 2.45) is 0 Å². The van der Waals surface area contributed by atoms with E-state index in [2.05, 4.69) is 14.9 Å². The van der Waals surface area contributed by atoms with Gasteiger partial charge in [0.05, 0.1) is 18.0 Å². The van der Waals surface area contributed by atoms with Crippen LogP contribution in [0.3, 0.4) is 0 Å². The number of nitrogens with zero attached hydrogens (tertiary/aromatic N) is 1. The topological polar surface area (TPSA) is 95.1 Å². The van der Waals surface area contributed by atoms with E-state index in [-0.39, 0.29) is 5.03 Å². The van der Waals surface area contributed by atoms with Gasteiger partial charge in [-0.2, -0.15) is 13.5 Å². The number of sulfonamides is 1. The summed E-state index contributed by atoms with van der Waals surface area (Å²) in [5.41, 5.74) is 0.864. The van der Waals surface area contributed by atoms with E-state index in [1.54, 1.807) is 31.2 Å². The van der Waals surface area contributed by atoms with Crippen LogP contribution in [0.25, 0.3) is 0 Å². The molecule has 0 fully saturated rings. The van der Waals surface area contributed by atoms with Gasteiger partial charge in [-0.3, -0.25) is 9.82 Å². The lowest BCUT2D eigenvalue weighted by Crippen LogP contribution is -2.15. The highest BCUT2D eigenvalue weighted by molar-refractivity contribution is 7.92. The van der Waals surface area contributed by atoms with E-state index in [0.29, 0.717) is 11.3 Å². The zero-order chi connectivity index (χ0) is 13.2. The van der Waals surface area contributed by atoms with Gasteiger partial charge < -0.3 is 5.11 Å². The maximum Gasteiger partial charge on any atom is 0.278 e. The van der Waals surface area contributed by atoms with E-state index in [1.807, 2.05) is 0 Å². The Kier molecular flexibility index (Phi) is 3.35. The second-order valence-electron chi connectivity index (χ2n) is 3.79. The van der Waals surface area contributed by atoms with E-state index in [4.69, 9.17) is 0 Å². The van der Waals surface area contributed by atoms with Gasteiger partial charge in [-0.25, -0.2) is 0 Å². The van der Waals surface area contributed by atoms with Crippen molar-refractivity contribution in [2.75, 3.05) is 4.72 Å². The molecule has 0 aliphatic heterocycles. The Hall–Kier alpha value is -1.86. The number of benzene rings is 1. The molecule has 0 spiro atoms. The molecular formula is C11H13N3O3S. The molecule has 6 nitrogen and oxygen atoms in total. The fourth-order valence-corrected chi connectivity index (χ4v) is 2.55. The number of hydrogen-bond acceptors (Lipinski definition) is 4. The summed E-state index contributed by atoms with van der Waals surface area (Å²) in [7, 11) is -3.71. The number of H-pyrrole nitrogens is 1. The van der Waals surface area contributed by atoms with Crippen molar-refractivity contribution in [3.63, 3.8) is 0 Å². The first kappa shape index (κ1) is 12.6. The molecular weight excluding hydrogens is 254 g/mol. The smallest absolute Gasteiger partial charge is 0.278 e. The Bertz CT molecular complexity index is 621. The molecule has 0 amide bonds. The van der Waals surface area contributed by atoms with Gasteiger partial charge in [-0.05, 0) is 19.1 Å². The van der Waals surface area contributed by atoms with Crippen LogP contribution in [0, 0.1) is 0 Å². The monoisotopic (exact) mass is 267 g/mol. The number of aromatic amines is 1. The second kappa shape index (κ2) is 4.79. The fraction of sp³-hybridized carbons (Fsp3) is 0.182. The number of anilines is 1. The van der Waals surface area contributed by atoms with Gasteiger partial charge in [0.25, 0.3) is 10.0 Å². The Labute approximate surface area is 105 Å². The molecule has 1 atom stereocenters. The molecule has 0 saturated carbocycles. The van der Waals surface area contributed by atoms with Crippen molar-refractivity contribution in [1.82, 2.24) is 10.2 Å². The summed E-state index contributed by atoms with van der Waals surface area (Å²) >= 11 is 0. The van der Waals surface area contributed by atoms with Crippen molar-refractivity contribution in [3.8, 4) is 0 Å². The molecule has 0 radical (unpaired) electrons. The standard InChI is InChI=1S/C11H13N3O3S/c1-8(15)9-4-2-3-5-10(9)14-18(16,17)11-6-7-12-13-11/h2-8,14-15H,1H3,(H,12,13). The van der Waals surface area contributed by atoms with Gasteiger partial charge >= 0.3 is 0 Å². The highest BCUT2D eigenvalue weighted by Crippen LogP contribution is 2.24. The normalized spacial score (nSPS) is 13.2. The van der Waals surface area contributed by atoms with Crippen molar-refractivity contribution in [1.29, 1.82) is 0 Å². The average Bonchev–Trinajstić information content (AvgIpc) is 2.83. The third-order valence-electron chi connectivity index (χ3n) is 2.42. The number of aliphatic hydroxyl groups excluding tert-OH is 1. The van der Waals surface area contributed by atoms with Crippen molar-refractivity contribution in [2.45, 2.75) is 18.1 Å². The lowest BCUT2D eigenvalue weighted by molar-refractivity contribution is 0.200. The first-order chi connectivity index (χ1) is 8.50. The number of para-hydroxylation sites is 1. The van der Waals surface area contributed by atoms with Crippen LogP contribution in [0.1, 0.15) is 18.6 Å². The van der Waals surface area contributed by atoms with E-state index in [9.17, 15) is 13.5 Å². The summed E-state index contributed by atoms with van der Waals surface area (Å²) in [6.45, 7) is 1.57. The first-order valence-electron chi connectivity index (χ1n) is 5.30. The summed E-state index contributed by atoms with van der Waals surface area (Å²) in [5.74, 6) is 0. The van der Waals surface area contributed by atoms with Crippen LogP contribution in [-0.2, 0) is 10.0 Å². The van der Waals surface area contributed by atoms with Crippen LogP contribution < -0.4 is 4.72 Å². The number of nitrogens with one attached hydrogen (secondary N) is 2. The summed E-state index contributed by atoms with van der Waals surface area (Å²) in [6, 6.07) is 8.03. The van der Waals surface area contributed by atoms with Gasteiger partial charge in [0, 0.05) is 5.56 Å². The molecule has 1 aromatic carbocycles. The largest absolute Gasteiger partial charge is 0.389 e. The molecule has 0 saturated heterocycles. The van der Waals surface area contributed by atoms with Gasteiger partial charge in [-0.1, -0.05) is 18.2 Å². The average molecular weight is 267 g/mol. The van der Waals surface area contributed by atoms with Crippen LogP contribution in [0.4, 0.5) is 5.69 Å². The minimum absolute atomic E-state index is 0.0251. The van der Waals surface area contributed by atoms with Gasteiger partial charge in [-0.15, -0.1) is 0 Å². The quantitative estimate of drug-likeness (QED) is 0.777. The molecule has 3 N–H and O–H groups in total. The van der Waals surface area contributed by atoms with E-state index in [0.717, 1.165) is 0 Å². The molecule has 7 heteroatoms. The minimum atomic E-state index is -3.71. The SMILES string of the molecule is CC(O)c1ccccc1NS(=O)(=O)c1ccn[nH]1. The van der Waals surface area contributed by atoms with Crippen molar-refractivity contribution >= 4 is 15.7 Å². The molecule has 1 aromatic heterocycles. The summed E-state index contributed by atoms with van der Waals surface area (Å²) in [6.07, 6.45) is 0.598. The Morgan fingerprint density at radius 2 is 2.06 bits per heavy atom. The van der Waals surface area contributed by atoms with E-state index in [1.165, 1.54) is 12.3 Å². The van der Waals surface area contributed by atoms with Crippen LogP contribution in [0.15, 0.2) is 41.6 Å². The number of hydrogen-bond donors (Lipinski definition) is 3. The lowest BCUT2D eigenvalue weighted by Gasteiger charge is -2.13.